The molecular weight excluding hydrogens is 338 g/mol. The van der Waals surface area contributed by atoms with Gasteiger partial charge in [0.1, 0.15) is 4.90 Å². The number of aromatic amines is 1. The van der Waals surface area contributed by atoms with Gasteiger partial charge in [-0.3, -0.25) is 9.35 Å². The highest BCUT2D eigenvalue weighted by atomic mass is 32.2. The first-order valence-electron chi connectivity index (χ1n) is 7.57. The van der Waals surface area contributed by atoms with Crippen LogP contribution in [0.15, 0.2) is 76.4 Å². The van der Waals surface area contributed by atoms with Crippen LogP contribution in [0.25, 0.3) is 32.9 Å². The normalized spacial score (nSPS) is 11.9. The van der Waals surface area contributed by atoms with Crippen molar-refractivity contribution in [3.05, 3.63) is 77.0 Å². The Hall–Kier alpha value is -2.96. The van der Waals surface area contributed by atoms with Crippen LogP contribution in [0.1, 0.15) is 0 Å². The minimum absolute atomic E-state index is 0.0393. The van der Waals surface area contributed by atoms with Crippen LogP contribution < -0.4 is 5.43 Å². The fourth-order valence-corrected chi connectivity index (χ4v) is 4.02. The van der Waals surface area contributed by atoms with Gasteiger partial charge < -0.3 is 4.98 Å². The number of fused-ring (bicyclic) bond motifs is 2. The van der Waals surface area contributed by atoms with Crippen molar-refractivity contribution in [2.75, 3.05) is 0 Å². The zero-order chi connectivity index (χ0) is 17.6. The van der Waals surface area contributed by atoms with E-state index in [-0.39, 0.29) is 15.8 Å². The molecule has 4 rings (SSSR count). The van der Waals surface area contributed by atoms with E-state index in [1.54, 1.807) is 66.7 Å². The molecule has 124 valence electrons. The number of pyridine rings is 1. The average Bonchev–Trinajstić information content (AvgIpc) is 2.61. The van der Waals surface area contributed by atoms with Gasteiger partial charge in [0.2, 0.25) is 0 Å². The smallest absolute Gasteiger partial charge is 0.295 e. The van der Waals surface area contributed by atoms with E-state index in [2.05, 4.69) is 4.98 Å². The third kappa shape index (κ3) is 2.52. The first kappa shape index (κ1) is 15.6. The zero-order valence-electron chi connectivity index (χ0n) is 12.9. The summed E-state index contributed by atoms with van der Waals surface area (Å²) in [6.07, 6.45) is 0. The minimum Gasteiger partial charge on any atom is -0.354 e. The Kier molecular flexibility index (Phi) is 3.45. The van der Waals surface area contributed by atoms with Gasteiger partial charge in [0, 0.05) is 16.5 Å². The van der Waals surface area contributed by atoms with E-state index < -0.39 is 15.5 Å². The molecule has 0 spiro atoms. The van der Waals surface area contributed by atoms with Crippen LogP contribution in [0.5, 0.6) is 0 Å². The molecule has 0 saturated heterocycles. The van der Waals surface area contributed by atoms with Crippen molar-refractivity contribution in [3.8, 4) is 11.1 Å². The maximum absolute atomic E-state index is 12.9. The topological polar surface area (TPSA) is 87.2 Å². The van der Waals surface area contributed by atoms with Crippen LogP contribution in [-0.4, -0.2) is 18.0 Å². The van der Waals surface area contributed by atoms with Gasteiger partial charge in [0.15, 0.2) is 5.43 Å². The highest BCUT2D eigenvalue weighted by Gasteiger charge is 2.23. The Morgan fingerprint density at radius 3 is 2.20 bits per heavy atom. The van der Waals surface area contributed by atoms with Crippen molar-refractivity contribution in [2.45, 2.75) is 4.90 Å². The van der Waals surface area contributed by atoms with Crippen molar-refractivity contribution in [3.63, 3.8) is 0 Å². The van der Waals surface area contributed by atoms with Gasteiger partial charge in [-0.1, -0.05) is 48.5 Å². The lowest BCUT2D eigenvalue weighted by molar-refractivity contribution is 0.484. The van der Waals surface area contributed by atoms with Gasteiger partial charge in [0.25, 0.3) is 10.1 Å². The summed E-state index contributed by atoms with van der Waals surface area (Å²) in [6.45, 7) is 0. The summed E-state index contributed by atoms with van der Waals surface area (Å²) in [5, 5.41) is 0.327. The van der Waals surface area contributed by atoms with Gasteiger partial charge >= 0.3 is 0 Å². The first-order valence-corrected chi connectivity index (χ1v) is 9.01. The molecule has 1 heterocycles. The number of para-hydroxylation sites is 1. The van der Waals surface area contributed by atoms with Crippen LogP contribution in [0.4, 0.5) is 0 Å². The molecule has 0 saturated carbocycles. The molecule has 0 aliphatic rings. The van der Waals surface area contributed by atoms with Crippen LogP contribution in [-0.2, 0) is 10.1 Å². The fourth-order valence-electron chi connectivity index (χ4n) is 3.10. The third-order valence-electron chi connectivity index (χ3n) is 4.17. The summed E-state index contributed by atoms with van der Waals surface area (Å²) >= 11 is 0. The second-order valence-corrected chi connectivity index (χ2v) is 7.06. The predicted molar refractivity (Wildman–Crippen MR) is 97.3 cm³/mol. The molecular formula is C19H13NO4S. The molecule has 0 radical (unpaired) electrons. The van der Waals surface area contributed by atoms with Crippen LogP contribution in [0.2, 0.25) is 0 Å². The SMILES string of the molecule is O=c1c2ccccc2[nH]c2ccc(-c3ccccc3)c(S(=O)(=O)O)c12. The van der Waals surface area contributed by atoms with Crippen molar-refractivity contribution in [2.24, 2.45) is 0 Å². The summed E-state index contributed by atoms with van der Waals surface area (Å²) in [7, 11) is -4.62. The summed E-state index contributed by atoms with van der Waals surface area (Å²) < 4.78 is 34.1. The lowest BCUT2D eigenvalue weighted by atomic mass is 10.0. The number of nitrogens with one attached hydrogen (secondary N) is 1. The largest absolute Gasteiger partial charge is 0.354 e. The highest BCUT2D eigenvalue weighted by molar-refractivity contribution is 7.86. The molecule has 5 nitrogen and oxygen atoms in total. The molecule has 25 heavy (non-hydrogen) atoms. The quantitative estimate of drug-likeness (QED) is 0.427. The third-order valence-corrected chi connectivity index (χ3v) is 5.11. The Bertz CT molecular complexity index is 1280. The highest BCUT2D eigenvalue weighted by Crippen LogP contribution is 2.32. The monoisotopic (exact) mass is 351 g/mol. The van der Waals surface area contributed by atoms with Gasteiger partial charge in [-0.05, 0) is 23.8 Å². The summed E-state index contributed by atoms with van der Waals surface area (Å²) in [5.74, 6) is 0. The standard InChI is InChI=1S/C19H13NO4S/c21-18-14-8-4-5-9-15(14)20-16-11-10-13(12-6-2-1-3-7-12)19(17(16)18)25(22,23)24/h1-11H,(H,20,21)(H,22,23,24). The van der Waals surface area contributed by atoms with Crippen LogP contribution in [0, 0.1) is 0 Å². The van der Waals surface area contributed by atoms with E-state index in [1.165, 1.54) is 0 Å². The molecule has 6 heteroatoms. The second-order valence-electron chi connectivity index (χ2n) is 5.71. The van der Waals surface area contributed by atoms with E-state index in [0.29, 0.717) is 22.0 Å². The molecule has 4 aromatic rings. The van der Waals surface area contributed by atoms with Crippen molar-refractivity contribution in [1.82, 2.24) is 4.98 Å². The van der Waals surface area contributed by atoms with Gasteiger partial charge in [-0.2, -0.15) is 8.42 Å². The first-order chi connectivity index (χ1) is 12.0. The maximum atomic E-state index is 12.9. The van der Waals surface area contributed by atoms with Gasteiger partial charge in [-0.25, -0.2) is 0 Å². The Morgan fingerprint density at radius 1 is 0.800 bits per heavy atom. The molecule has 0 unspecified atom stereocenters. The lowest BCUT2D eigenvalue weighted by Gasteiger charge is -2.12. The van der Waals surface area contributed by atoms with Crippen molar-refractivity contribution < 1.29 is 13.0 Å². The Morgan fingerprint density at radius 2 is 1.48 bits per heavy atom. The predicted octanol–water partition coefficient (Wildman–Crippen LogP) is 3.60. The van der Waals surface area contributed by atoms with Crippen LogP contribution >= 0.6 is 0 Å². The molecule has 0 atom stereocenters. The maximum Gasteiger partial charge on any atom is 0.295 e. The number of hydrogen-bond donors (Lipinski definition) is 2. The van der Waals surface area contributed by atoms with E-state index in [1.807, 2.05) is 0 Å². The number of rotatable bonds is 2. The van der Waals surface area contributed by atoms with Crippen molar-refractivity contribution >= 4 is 31.9 Å². The summed E-state index contributed by atoms with van der Waals surface area (Å²) in [4.78, 5) is 15.6. The number of aromatic nitrogens is 1. The van der Waals surface area contributed by atoms with Crippen LogP contribution in [0.3, 0.4) is 0 Å². The molecule has 0 aliphatic carbocycles. The minimum atomic E-state index is -4.62. The Labute approximate surface area is 143 Å². The molecule has 0 bridgehead atoms. The second kappa shape index (κ2) is 5.54. The number of benzene rings is 3. The zero-order valence-corrected chi connectivity index (χ0v) is 13.7. The average molecular weight is 351 g/mol. The lowest BCUT2D eigenvalue weighted by Crippen LogP contribution is -2.11. The van der Waals surface area contributed by atoms with E-state index in [9.17, 15) is 17.8 Å². The fraction of sp³-hybridized carbons (Fsp3) is 0. The van der Waals surface area contributed by atoms with Gasteiger partial charge in [0.05, 0.1) is 10.9 Å². The number of hydrogen-bond acceptors (Lipinski definition) is 3. The molecule has 0 aliphatic heterocycles. The molecule has 1 aromatic heterocycles. The number of H-pyrrole nitrogens is 1. The van der Waals surface area contributed by atoms with Gasteiger partial charge in [-0.15, -0.1) is 0 Å². The summed E-state index contributed by atoms with van der Waals surface area (Å²) in [6, 6.07) is 18.9. The van der Waals surface area contributed by atoms with E-state index in [0.717, 1.165) is 0 Å². The molecule has 0 fully saturated rings. The molecule has 2 N–H and O–H groups in total. The molecule has 0 amide bonds. The van der Waals surface area contributed by atoms with E-state index >= 15 is 0 Å². The Balaban J connectivity index is 2.26. The van der Waals surface area contributed by atoms with Crippen molar-refractivity contribution in [1.29, 1.82) is 0 Å². The molecule has 3 aromatic carbocycles. The van der Waals surface area contributed by atoms with E-state index in [4.69, 9.17) is 0 Å². The summed E-state index contributed by atoms with van der Waals surface area (Å²) in [5.41, 5.74) is 1.42.